The van der Waals surface area contributed by atoms with Gasteiger partial charge in [-0.2, -0.15) is 0 Å². The molecule has 1 heterocycles. The Labute approximate surface area is 119 Å². The van der Waals surface area contributed by atoms with Crippen LogP contribution in [0.25, 0.3) is 11.3 Å². The van der Waals surface area contributed by atoms with Crippen LogP contribution in [0.15, 0.2) is 38.6 Å². The third-order valence-corrected chi connectivity index (χ3v) is 4.70. The van der Waals surface area contributed by atoms with E-state index in [2.05, 4.69) is 5.16 Å². The fraction of sp³-hybridized carbons (Fsp3) is 0.167. The third kappa shape index (κ3) is 2.70. The van der Waals surface area contributed by atoms with Crippen LogP contribution in [-0.2, 0) is 9.84 Å². The molecule has 0 unspecified atom stereocenters. The second kappa shape index (κ2) is 5.29. The van der Waals surface area contributed by atoms with Crippen molar-refractivity contribution in [3.63, 3.8) is 0 Å². The molecule has 106 valence electrons. The molecule has 0 atom stereocenters. The fourth-order valence-electron chi connectivity index (χ4n) is 1.72. The lowest BCUT2D eigenvalue weighted by molar-refractivity contribution is 0.0652. The molecule has 1 N–H and O–H groups in total. The van der Waals surface area contributed by atoms with E-state index in [-0.39, 0.29) is 16.3 Å². The molecule has 0 aliphatic heterocycles. The van der Waals surface area contributed by atoms with Gasteiger partial charge in [0.1, 0.15) is 5.69 Å². The summed E-state index contributed by atoms with van der Waals surface area (Å²) < 4.78 is 28.2. The van der Waals surface area contributed by atoms with Crippen LogP contribution in [0.2, 0.25) is 0 Å². The molecule has 6 nitrogen and oxygen atoms in total. The number of thioether (sulfide) groups is 1. The molecule has 0 fully saturated rings. The van der Waals surface area contributed by atoms with Crippen LogP contribution < -0.4 is 0 Å². The third-order valence-electron chi connectivity index (χ3n) is 2.58. The van der Waals surface area contributed by atoms with Crippen LogP contribution in [-0.4, -0.2) is 37.2 Å². The summed E-state index contributed by atoms with van der Waals surface area (Å²) in [6.45, 7) is 0. The zero-order valence-electron chi connectivity index (χ0n) is 10.7. The van der Waals surface area contributed by atoms with E-state index in [1.165, 1.54) is 23.9 Å². The van der Waals surface area contributed by atoms with Crippen LogP contribution >= 0.6 is 11.8 Å². The fourth-order valence-corrected chi connectivity index (χ4v) is 3.86. The highest BCUT2D eigenvalue weighted by Gasteiger charge is 2.20. The lowest BCUT2D eigenvalue weighted by atomic mass is 10.1. The molecule has 0 aliphatic rings. The zero-order chi connectivity index (χ0) is 14.9. The lowest BCUT2D eigenvalue weighted by Gasteiger charge is -2.09. The number of aromatic carboxylic acids is 1. The van der Waals surface area contributed by atoms with E-state index in [1.807, 2.05) is 0 Å². The highest BCUT2D eigenvalue weighted by Crippen LogP contribution is 2.35. The van der Waals surface area contributed by atoms with Crippen molar-refractivity contribution in [2.75, 3.05) is 12.5 Å². The lowest BCUT2D eigenvalue weighted by Crippen LogP contribution is -2.00. The summed E-state index contributed by atoms with van der Waals surface area (Å²) in [6, 6.07) is 6.02. The molecule has 0 saturated carbocycles. The van der Waals surface area contributed by atoms with E-state index in [9.17, 15) is 13.2 Å². The smallest absolute Gasteiger partial charge is 0.374 e. The number of nitrogens with zero attached hydrogens (tertiary/aromatic N) is 1. The summed E-state index contributed by atoms with van der Waals surface area (Å²) in [4.78, 5) is 11.5. The number of carboxylic acid groups (broad SMARTS) is 1. The highest BCUT2D eigenvalue weighted by molar-refractivity contribution is 7.99. The maximum absolute atomic E-state index is 11.8. The normalized spacial score (nSPS) is 11.5. The van der Waals surface area contributed by atoms with Crippen molar-refractivity contribution in [2.45, 2.75) is 9.79 Å². The van der Waals surface area contributed by atoms with Crippen molar-refractivity contribution in [1.29, 1.82) is 0 Å². The monoisotopic (exact) mass is 313 g/mol. The minimum absolute atomic E-state index is 0.183. The van der Waals surface area contributed by atoms with E-state index in [4.69, 9.17) is 9.63 Å². The summed E-state index contributed by atoms with van der Waals surface area (Å²) in [6.07, 6.45) is 2.86. The maximum Gasteiger partial charge on any atom is 0.374 e. The number of carbonyl (C=O) groups is 1. The predicted molar refractivity (Wildman–Crippen MR) is 73.8 cm³/mol. The quantitative estimate of drug-likeness (QED) is 0.864. The maximum atomic E-state index is 11.8. The minimum atomic E-state index is -3.38. The molecule has 0 bridgehead atoms. The van der Waals surface area contributed by atoms with Gasteiger partial charge in [-0.05, 0) is 12.3 Å². The first-order valence-corrected chi connectivity index (χ1v) is 8.53. The average Bonchev–Trinajstić information content (AvgIpc) is 2.86. The van der Waals surface area contributed by atoms with Gasteiger partial charge in [-0.3, -0.25) is 0 Å². The first-order valence-electron chi connectivity index (χ1n) is 5.42. The van der Waals surface area contributed by atoms with E-state index < -0.39 is 15.8 Å². The molecule has 1 aromatic carbocycles. The first-order chi connectivity index (χ1) is 9.34. The Morgan fingerprint density at radius 2 is 2.10 bits per heavy atom. The summed E-state index contributed by atoms with van der Waals surface area (Å²) >= 11 is 1.25. The van der Waals surface area contributed by atoms with Crippen LogP contribution in [0, 0.1) is 0 Å². The van der Waals surface area contributed by atoms with Gasteiger partial charge in [0.25, 0.3) is 0 Å². The van der Waals surface area contributed by atoms with Gasteiger partial charge < -0.3 is 9.63 Å². The molecule has 8 heteroatoms. The van der Waals surface area contributed by atoms with Crippen LogP contribution in [0.4, 0.5) is 0 Å². The van der Waals surface area contributed by atoms with Gasteiger partial charge in [0.15, 0.2) is 9.84 Å². The van der Waals surface area contributed by atoms with E-state index in [0.717, 1.165) is 6.26 Å². The van der Waals surface area contributed by atoms with Gasteiger partial charge in [-0.1, -0.05) is 17.3 Å². The number of carboxylic acids is 1. The Morgan fingerprint density at radius 1 is 1.40 bits per heavy atom. The molecule has 20 heavy (non-hydrogen) atoms. The molecule has 1 aromatic heterocycles. The summed E-state index contributed by atoms with van der Waals surface area (Å²) in [7, 11) is -3.38. The van der Waals surface area contributed by atoms with Crippen LogP contribution in [0.5, 0.6) is 0 Å². The van der Waals surface area contributed by atoms with Crippen LogP contribution in [0.3, 0.4) is 0 Å². The highest BCUT2D eigenvalue weighted by atomic mass is 32.2. The van der Waals surface area contributed by atoms with Gasteiger partial charge in [0.2, 0.25) is 5.76 Å². The molecule has 0 spiro atoms. The minimum Gasteiger partial charge on any atom is -0.475 e. The Hall–Kier alpha value is -1.80. The standard InChI is InChI=1S/C12H11NO5S2/c1-19-11-7(4-3-5-10(11)20(2,16)17)8-6-9(12(14)15)18-13-8/h3-6H,1-2H3,(H,14,15). The number of aromatic nitrogens is 1. The summed E-state index contributed by atoms with van der Waals surface area (Å²) in [5, 5.41) is 12.5. The van der Waals surface area contributed by atoms with Gasteiger partial charge in [-0.15, -0.1) is 11.8 Å². The Morgan fingerprint density at radius 3 is 2.60 bits per heavy atom. The van der Waals surface area contributed by atoms with E-state index in [1.54, 1.807) is 18.4 Å². The number of hydrogen-bond acceptors (Lipinski definition) is 6. The van der Waals surface area contributed by atoms with E-state index in [0.29, 0.717) is 10.5 Å². The second-order valence-corrected chi connectivity index (χ2v) is 6.79. The van der Waals surface area contributed by atoms with Crippen molar-refractivity contribution in [2.24, 2.45) is 0 Å². The van der Waals surface area contributed by atoms with Crippen molar-refractivity contribution in [1.82, 2.24) is 5.16 Å². The number of hydrogen-bond donors (Lipinski definition) is 1. The van der Waals surface area contributed by atoms with Crippen molar-refractivity contribution < 1.29 is 22.8 Å². The topological polar surface area (TPSA) is 97.5 Å². The second-order valence-electron chi connectivity index (χ2n) is 3.99. The van der Waals surface area contributed by atoms with Gasteiger partial charge in [0, 0.05) is 22.8 Å². The molecule has 0 saturated heterocycles. The molecule has 0 radical (unpaired) electrons. The zero-order valence-corrected chi connectivity index (χ0v) is 12.3. The molecule has 2 rings (SSSR count). The first kappa shape index (κ1) is 14.6. The van der Waals surface area contributed by atoms with Crippen molar-refractivity contribution >= 4 is 27.6 Å². The summed E-state index contributed by atoms with van der Waals surface area (Å²) in [5.41, 5.74) is 0.814. The molecule has 2 aromatic rings. The molecular weight excluding hydrogens is 302 g/mol. The Bertz CT molecular complexity index is 764. The van der Waals surface area contributed by atoms with Crippen LogP contribution in [0.1, 0.15) is 10.6 Å². The predicted octanol–water partition coefficient (Wildman–Crippen LogP) is 2.17. The van der Waals surface area contributed by atoms with Gasteiger partial charge >= 0.3 is 5.97 Å². The number of benzene rings is 1. The molecular formula is C12H11NO5S2. The SMILES string of the molecule is CSc1c(-c2cc(C(=O)O)on2)cccc1S(C)(=O)=O. The number of sulfone groups is 1. The Balaban J connectivity index is 2.65. The van der Waals surface area contributed by atoms with Crippen molar-refractivity contribution in [3.05, 3.63) is 30.0 Å². The molecule has 0 amide bonds. The van der Waals surface area contributed by atoms with Gasteiger partial charge in [0.05, 0.1) is 4.90 Å². The Kier molecular flexibility index (Phi) is 3.87. The summed E-state index contributed by atoms with van der Waals surface area (Å²) in [5.74, 6) is -1.52. The number of rotatable bonds is 4. The average molecular weight is 313 g/mol. The van der Waals surface area contributed by atoms with Crippen molar-refractivity contribution in [3.8, 4) is 11.3 Å². The largest absolute Gasteiger partial charge is 0.475 e. The molecule has 0 aliphatic carbocycles. The van der Waals surface area contributed by atoms with Gasteiger partial charge in [-0.25, -0.2) is 13.2 Å². The van der Waals surface area contributed by atoms with E-state index >= 15 is 0 Å².